The van der Waals surface area contributed by atoms with Crippen LogP contribution in [-0.4, -0.2) is 19.7 Å². The van der Waals surface area contributed by atoms with Gasteiger partial charge in [0.05, 0.1) is 22.1 Å². The SMILES string of the molecule is CCc1nn(CC)c(CNCc2ccnc(C)n2)c1Cl. The van der Waals surface area contributed by atoms with Crippen LogP contribution in [-0.2, 0) is 26.1 Å². The fraction of sp³-hybridized carbons (Fsp3) is 0.500. The highest BCUT2D eigenvalue weighted by Crippen LogP contribution is 2.21. The summed E-state index contributed by atoms with van der Waals surface area (Å²) in [6.45, 7) is 8.22. The molecule has 0 aliphatic rings. The van der Waals surface area contributed by atoms with Crippen molar-refractivity contribution in [2.75, 3.05) is 0 Å². The van der Waals surface area contributed by atoms with E-state index in [1.165, 1.54) is 0 Å². The Balaban J connectivity index is 2.02. The molecule has 0 atom stereocenters. The van der Waals surface area contributed by atoms with E-state index in [9.17, 15) is 0 Å². The summed E-state index contributed by atoms with van der Waals surface area (Å²) >= 11 is 6.37. The maximum atomic E-state index is 6.37. The Morgan fingerprint density at radius 2 is 2.10 bits per heavy atom. The molecule has 0 unspecified atom stereocenters. The highest BCUT2D eigenvalue weighted by Gasteiger charge is 2.13. The second-order valence-corrected chi connectivity index (χ2v) is 4.95. The van der Waals surface area contributed by atoms with Gasteiger partial charge in [-0.25, -0.2) is 9.97 Å². The lowest BCUT2D eigenvalue weighted by Gasteiger charge is -2.07. The molecular weight excluding hydrogens is 274 g/mol. The zero-order valence-electron chi connectivity index (χ0n) is 12.1. The van der Waals surface area contributed by atoms with E-state index in [1.54, 1.807) is 6.20 Å². The molecule has 5 nitrogen and oxygen atoms in total. The number of hydrogen-bond donors (Lipinski definition) is 1. The first kappa shape index (κ1) is 14.9. The van der Waals surface area contributed by atoms with Crippen LogP contribution in [0.5, 0.6) is 0 Å². The van der Waals surface area contributed by atoms with Crippen LogP contribution in [0.4, 0.5) is 0 Å². The summed E-state index contributed by atoms with van der Waals surface area (Å²) in [6, 6.07) is 1.91. The minimum absolute atomic E-state index is 0.683. The van der Waals surface area contributed by atoms with Gasteiger partial charge in [-0.05, 0) is 26.3 Å². The molecule has 0 amide bonds. The molecule has 0 spiro atoms. The number of nitrogens with one attached hydrogen (secondary N) is 1. The molecule has 0 saturated carbocycles. The summed E-state index contributed by atoms with van der Waals surface area (Å²) in [4.78, 5) is 8.45. The maximum absolute atomic E-state index is 6.37. The Kier molecular flexibility index (Phi) is 5.09. The molecule has 2 heterocycles. The van der Waals surface area contributed by atoms with Crippen molar-refractivity contribution in [2.45, 2.75) is 46.8 Å². The number of halogens is 1. The minimum Gasteiger partial charge on any atom is -0.305 e. The van der Waals surface area contributed by atoms with Gasteiger partial charge < -0.3 is 5.32 Å². The molecule has 0 bridgehead atoms. The summed E-state index contributed by atoms with van der Waals surface area (Å²) in [5.74, 6) is 0.786. The number of rotatable bonds is 6. The standard InChI is InChI=1S/C14H20ClN5/c1-4-12-14(15)13(20(5-2)19-12)9-16-8-11-6-7-17-10(3)18-11/h6-7,16H,4-5,8-9H2,1-3H3. The molecule has 108 valence electrons. The smallest absolute Gasteiger partial charge is 0.125 e. The first-order chi connectivity index (χ1) is 9.65. The Morgan fingerprint density at radius 1 is 1.30 bits per heavy atom. The lowest BCUT2D eigenvalue weighted by atomic mass is 10.3. The average molecular weight is 294 g/mol. The monoisotopic (exact) mass is 293 g/mol. The minimum atomic E-state index is 0.683. The van der Waals surface area contributed by atoms with Crippen molar-refractivity contribution in [3.63, 3.8) is 0 Å². The number of nitrogens with zero attached hydrogens (tertiary/aromatic N) is 4. The van der Waals surface area contributed by atoms with Gasteiger partial charge in [0.15, 0.2) is 0 Å². The lowest BCUT2D eigenvalue weighted by Crippen LogP contribution is -2.17. The normalized spacial score (nSPS) is 11.0. The quantitative estimate of drug-likeness (QED) is 0.889. The second-order valence-electron chi connectivity index (χ2n) is 4.58. The Hall–Kier alpha value is -1.46. The molecule has 0 fully saturated rings. The van der Waals surface area contributed by atoms with Crippen LogP contribution in [0.25, 0.3) is 0 Å². The van der Waals surface area contributed by atoms with E-state index in [-0.39, 0.29) is 0 Å². The average Bonchev–Trinajstić information content (AvgIpc) is 2.75. The van der Waals surface area contributed by atoms with Crippen LogP contribution in [0.3, 0.4) is 0 Å². The zero-order valence-corrected chi connectivity index (χ0v) is 12.9. The summed E-state index contributed by atoms with van der Waals surface area (Å²) in [5.41, 5.74) is 2.98. The molecule has 0 saturated heterocycles. The van der Waals surface area contributed by atoms with Gasteiger partial charge in [0.2, 0.25) is 0 Å². The van der Waals surface area contributed by atoms with Crippen molar-refractivity contribution < 1.29 is 0 Å². The van der Waals surface area contributed by atoms with Gasteiger partial charge in [-0.3, -0.25) is 4.68 Å². The third-order valence-corrected chi connectivity index (χ3v) is 3.56. The number of aromatic nitrogens is 4. The van der Waals surface area contributed by atoms with Crippen LogP contribution < -0.4 is 5.32 Å². The van der Waals surface area contributed by atoms with Gasteiger partial charge in [-0.2, -0.15) is 5.10 Å². The Bertz CT molecular complexity index is 579. The van der Waals surface area contributed by atoms with Crippen LogP contribution in [0.1, 0.15) is 36.8 Å². The first-order valence-corrected chi connectivity index (χ1v) is 7.26. The fourth-order valence-corrected chi connectivity index (χ4v) is 2.43. The van der Waals surface area contributed by atoms with Crippen molar-refractivity contribution in [3.05, 3.63) is 40.2 Å². The summed E-state index contributed by atoms with van der Waals surface area (Å²) in [5, 5.41) is 8.65. The highest BCUT2D eigenvalue weighted by atomic mass is 35.5. The first-order valence-electron chi connectivity index (χ1n) is 6.89. The molecule has 20 heavy (non-hydrogen) atoms. The molecule has 2 rings (SSSR count). The lowest BCUT2D eigenvalue weighted by molar-refractivity contribution is 0.574. The van der Waals surface area contributed by atoms with E-state index in [1.807, 2.05) is 17.7 Å². The van der Waals surface area contributed by atoms with Crippen LogP contribution >= 0.6 is 11.6 Å². The predicted molar refractivity (Wildman–Crippen MR) is 79.6 cm³/mol. The molecule has 2 aromatic heterocycles. The molecule has 1 N–H and O–H groups in total. The van der Waals surface area contributed by atoms with Crippen LogP contribution in [0, 0.1) is 6.92 Å². The zero-order chi connectivity index (χ0) is 14.5. The van der Waals surface area contributed by atoms with Crippen LogP contribution in [0.15, 0.2) is 12.3 Å². The largest absolute Gasteiger partial charge is 0.305 e. The van der Waals surface area contributed by atoms with Crippen LogP contribution in [0.2, 0.25) is 5.02 Å². The Morgan fingerprint density at radius 3 is 2.75 bits per heavy atom. The van der Waals surface area contributed by atoms with E-state index < -0.39 is 0 Å². The molecule has 0 radical (unpaired) electrons. The fourth-order valence-electron chi connectivity index (χ4n) is 2.10. The van der Waals surface area contributed by atoms with Gasteiger partial charge in [0.25, 0.3) is 0 Å². The highest BCUT2D eigenvalue weighted by molar-refractivity contribution is 6.31. The van der Waals surface area contributed by atoms with Crippen molar-refractivity contribution in [3.8, 4) is 0 Å². The van der Waals surface area contributed by atoms with E-state index >= 15 is 0 Å². The molecule has 0 aliphatic heterocycles. The predicted octanol–water partition coefficient (Wildman–Crippen LogP) is 2.51. The van der Waals surface area contributed by atoms with Crippen molar-refractivity contribution in [2.24, 2.45) is 0 Å². The van der Waals surface area contributed by atoms with Crippen molar-refractivity contribution >= 4 is 11.6 Å². The molecule has 6 heteroatoms. The molecule has 2 aromatic rings. The summed E-state index contributed by atoms with van der Waals surface area (Å²) in [6.07, 6.45) is 2.63. The molecular formula is C14H20ClN5. The Labute approximate surface area is 124 Å². The number of hydrogen-bond acceptors (Lipinski definition) is 4. The third-order valence-electron chi connectivity index (χ3n) is 3.13. The summed E-state index contributed by atoms with van der Waals surface area (Å²) < 4.78 is 1.96. The van der Waals surface area contributed by atoms with Gasteiger partial charge in [0.1, 0.15) is 5.82 Å². The molecule has 0 aliphatic carbocycles. The van der Waals surface area contributed by atoms with E-state index in [0.717, 1.165) is 40.9 Å². The number of aryl methyl sites for hydroxylation is 3. The van der Waals surface area contributed by atoms with E-state index in [2.05, 4.69) is 34.2 Å². The van der Waals surface area contributed by atoms with E-state index in [0.29, 0.717) is 13.1 Å². The van der Waals surface area contributed by atoms with Crippen molar-refractivity contribution in [1.29, 1.82) is 0 Å². The van der Waals surface area contributed by atoms with Gasteiger partial charge in [0, 0.05) is 25.8 Å². The van der Waals surface area contributed by atoms with E-state index in [4.69, 9.17) is 11.6 Å². The molecule has 0 aromatic carbocycles. The third kappa shape index (κ3) is 3.35. The van der Waals surface area contributed by atoms with Crippen molar-refractivity contribution in [1.82, 2.24) is 25.1 Å². The van der Waals surface area contributed by atoms with Gasteiger partial charge in [-0.15, -0.1) is 0 Å². The topological polar surface area (TPSA) is 55.6 Å². The van der Waals surface area contributed by atoms with Gasteiger partial charge >= 0.3 is 0 Å². The maximum Gasteiger partial charge on any atom is 0.125 e. The second kappa shape index (κ2) is 6.81. The van der Waals surface area contributed by atoms with Gasteiger partial charge in [-0.1, -0.05) is 18.5 Å². The summed E-state index contributed by atoms with van der Waals surface area (Å²) in [7, 11) is 0.